The fraction of sp³-hybridized carbons (Fsp3) is 0.667. The zero-order valence-electron chi connectivity index (χ0n) is 6.97. The molecule has 1 rings (SSSR count). The van der Waals surface area contributed by atoms with Gasteiger partial charge in [0, 0.05) is 7.05 Å². The van der Waals surface area contributed by atoms with Gasteiger partial charge >= 0.3 is 0 Å². The van der Waals surface area contributed by atoms with Crippen molar-refractivity contribution in [2.24, 2.45) is 15.7 Å². The van der Waals surface area contributed by atoms with Crippen molar-refractivity contribution in [3.63, 3.8) is 0 Å². The quantitative estimate of drug-likeness (QED) is 0.429. The highest BCUT2D eigenvalue weighted by Crippen LogP contribution is 2.05. The molecule has 0 unspecified atom stereocenters. The van der Waals surface area contributed by atoms with Gasteiger partial charge in [-0.05, 0) is 13.8 Å². The molecule has 5 nitrogen and oxygen atoms in total. The van der Waals surface area contributed by atoms with Crippen LogP contribution in [0.25, 0.3) is 0 Å². The molecule has 62 valence electrons. The highest BCUT2D eigenvalue weighted by atomic mass is 15.4. The average molecular weight is 155 g/mol. The van der Waals surface area contributed by atoms with Gasteiger partial charge in [-0.2, -0.15) is 0 Å². The molecule has 0 aromatic carbocycles. The van der Waals surface area contributed by atoms with E-state index >= 15 is 0 Å². The van der Waals surface area contributed by atoms with Gasteiger partial charge in [-0.1, -0.05) is 0 Å². The van der Waals surface area contributed by atoms with Gasteiger partial charge in [0.05, 0.1) is 0 Å². The Morgan fingerprint density at radius 2 is 2.18 bits per heavy atom. The van der Waals surface area contributed by atoms with E-state index in [1.165, 1.54) is 0 Å². The SMILES string of the molecule is CN=C1NC(N)=NC(C)(C)N1. The maximum atomic E-state index is 5.49. The van der Waals surface area contributed by atoms with Crippen molar-refractivity contribution in [2.75, 3.05) is 7.05 Å². The third-order valence-corrected chi connectivity index (χ3v) is 1.29. The maximum Gasteiger partial charge on any atom is 0.199 e. The third kappa shape index (κ3) is 1.83. The molecule has 5 heteroatoms. The number of guanidine groups is 2. The number of aliphatic imine (C=N–C) groups is 2. The van der Waals surface area contributed by atoms with Crippen molar-refractivity contribution in [3.05, 3.63) is 0 Å². The Morgan fingerprint density at radius 3 is 2.64 bits per heavy atom. The Kier molecular flexibility index (Phi) is 1.72. The Bertz CT molecular complexity index is 215. The summed E-state index contributed by atoms with van der Waals surface area (Å²) in [7, 11) is 1.68. The normalized spacial score (nSPS) is 25.4. The molecular weight excluding hydrogens is 142 g/mol. The Morgan fingerprint density at radius 1 is 1.55 bits per heavy atom. The lowest BCUT2D eigenvalue weighted by atomic mass is 10.2. The zero-order valence-corrected chi connectivity index (χ0v) is 6.97. The predicted molar refractivity (Wildman–Crippen MR) is 45.3 cm³/mol. The van der Waals surface area contributed by atoms with Gasteiger partial charge in [0.2, 0.25) is 0 Å². The first-order valence-electron chi connectivity index (χ1n) is 3.41. The number of nitrogens with two attached hydrogens (primary N) is 1. The lowest BCUT2D eigenvalue weighted by molar-refractivity contribution is 0.468. The molecule has 4 N–H and O–H groups in total. The first kappa shape index (κ1) is 7.84. The third-order valence-electron chi connectivity index (χ3n) is 1.29. The summed E-state index contributed by atoms with van der Waals surface area (Å²) >= 11 is 0. The molecule has 0 saturated heterocycles. The largest absolute Gasteiger partial charge is 0.370 e. The van der Waals surface area contributed by atoms with Crippen LogP contribution in [-0.4, -0.2) is 24.6 Å². The minimum atomic E-state index is -0.357. The van der Waals surface area contributed by atoms with Gasteiger partial charge in [-0.25, -0.2) is 4.99 Å². The summed E-state index contributed by atoms with van der Waals surface area (Å²) in [5, 5.41) is 5.83. The topological polar surface area (TPSA) is 74.8 Å². The Hall–Kier alpha value is -1.26. The highest BCUT2D eigenvalue weighted by Gasteiger charge is 2.22. The molecule has 0 amide bonds. The van der Waals surface area contributed by atoms with Gasteiger partial charge < -0.3 is 11.1 Å². The number of hydrogen-bond acceptors (Lipinski definition) is 3. The molecule has 1 aliphatic rings. The summed E-state index contributed by atoms with van der Waals surface area (Å²) in [5.74, 6) is 1.05. The Labute approximate surface area is 65.8 Å². The molecular formula is C6H13N5. The van der Waals surface area contributed by atoms with Crippen molar-refractivity contribution >= 4 is 11.9 Å². The van der Waals surface area contributed by atoms with Gasteiger partial charge in [0.1, 0.15) is 5.66 Å². The zero-order chi connectivity index (χ0) is 8.48. The molecule has 0 atom stereocenters. The van der Waals surface area contributed by atoms with Crippen LogP contribution < -0.4 is 16.4 Å². The molecule has 0 radical (unpaired) electrons. The van der Waals surface area contributed by atoms with Crippen LogP contribution in [0.1, 0.15) is 13.8 Å². The second-order valence-electron chi connectivity index (χ2n) is 2.88. The van der Waals surface area contributed by atoms with E-state index in [0.29, 0.717) is 11.9 Å². The van der Waals surface area contributed by atoms with Gasteiger partial charge in [-0.3, -0.25) is 10.3 Å². The van der Waals surface area contributed by atoms with Crippen molar-refractivity contribution in [1.82, 2.24) is 10.6 Å². The lowest BCUT2D eigenvalue weighted by Crippen LogP contribution is -2.57. The van der Waals surface area contributed by atoms with E-state index in [1.807, 2.05) is 13.8 Å². The van der Waals surface area contributed by atoms with Crippen LogP contribution in [0.3, 0.4) is 0 Å². The smallest absolute Gasteiger partial charge is 0.199 e. The van der Waals surface area contributed by atoms with Gasteiger partial charge in [0.15, 0.2) is 11.9 Å². The molecule has 11 heavy (non-hydrogen) atoms. The first-order valence-corrected chi connectivity index (χ1v) is 3.41. The summed E-state index contributed by atoms with van der Waals surface area (Å²) < 4.78 is 0. The standard InChI is InChI=1S/C6H13N5/c1-6(2)10-4(7)9-5(8-3)11-6/h1-3H3,(H4,7,8,9,10,11). The summed E-state index contributed by atoms with van der Waals surface area (Å²) in [6.45, 7) is 3.84. The van der Waals surface area contributed by atoms with Crippen molar-refractivity contribution < 1.29 is 0 Å². The summed E-state index contributed by atoms with van der Waals surface area (Å²) in [5.41, 5.74) is 5.14. The average Bonchev–Trinajstić information content (AvgIpc) is 1.83. The van der Waals surface area contributed by atoms with E-state index in [-0.39, 0.29) is 5.66 Å². The van der Waals surface area contributed by atoms with E-state index in [1.54, 1.807) is 7.05 Å². The van der Waals surface area contributed by atoms with E-state index in [2.05, 4.69) is 20.6 Å². The fourth-order valence-corrected chi connectivity index (χ4v) is 0.911. The molecule has 0 aromatic heterocycles. The molecule has 1 aliphatic heterocycles. The summed E-state index contributed by atoms with van der Waals surface area (Å²) in [6.07, 6.45) is 0. The van der Waals surface area contributed by atoms with Crippen molar-refractivity contribution in [3.8, 4) is 0 Å². The minimum absolute atomic E-state index is 0.357. The molecule has 0 aliphatic carbocycles. The monoisotopic (exact) mass is 155 g/mol. The Balaban J connectivity index is 2.86. The summed E-state index contributed by atoms with van der Waals surface area (Å²) in [4.78, 5) is 8.03. The number of hydrogen-bond donors (Lipinski definition) is 3. The van der Waals surface area contributed by atoms with E-state index in [9.17, 15) is 0 Å². The van der Waals surface area contributed by atoms with Gasteiger partial charge in [0.25, 0.3) is 0 Å². The highest BCUT2D eigenvalue weighted by molar-refractivity contribution is 6.00. The number of rotatable bonds is 0. The predicted octanol–water partition coefficient (Wildman–Crippen LogP) is -0.784. The van der Waals surface area contributed by atoms with Crippen LogP contribution >= 0.6 is 0 Å². The molecule has 1 heterocycles. The minimum Gasteiger partial charge on any atom is -0.370 e. The van der Waals surface area contributed by atoms with Crippen molar-refractivity contribution in [1.29, 1.82) is 0 Å². The molecule has 0 aromatic rings. The maximum absolute atomic E-state index is 5.49. The number of nitrogens with zero attached hydrogens (tertiary/aromatic N) is 2. The van der Waals surface area contributed by atoms with Crippen LogP contribution in [0.5, 0.6) is 0 Å². The molecule has 0 saturated carbocycles. The van der Waals surface area contributed by atoms with Crippen LogP contribution in [0.2, 0.25) is 0 Å². The van der Waals surface area contributed by atoms with Crippen LogP contribution in [0, 0.1) is 0 Å². The van der Waals surface area contributed by atoms with E-state index in [4.69, 9.17) is 5.73 Å². The van der Waals surface area contributed by atoms with E-state index < -0.39 is 0 Å². The summed E-state index contributed by atoms with van der Waals surface area (Å²) in [6, 6.07) is 0. The number of nitrogens with one attached hydrogen (secondary N) is 2. The second-order valence-corrected chi connectivity index (χ2v) is 2.88. The fourth-order valence-electron chi connectivity index (χ4n) is 0.911. The lowest BCUT2D eigenvalue weighted by Gasteiger charge is -2.29. The van der Waals surface area contributed by atoms with Crippen molar-refractivity contribution in [2.45, 2.75) is 19.5 Å². The molecule has 0 spiro atoms. The molecule has 0 bridgehead atoms. The van der Waals surface area contributed by atoms with E-state index in [0.717, 1.165) is 0 Å². The first-order chi connectivity index (χ1) is 5.03. The van der Waals surface area contributed by atoms with Crippen LogP contribution in [0.15, 0.2) is 9.98 Å². The van der Waals surface area contributed by atoms with Crippen LogP contribution in [-0.2, 0) is 0 Å². The van der Waals surface area contributed by atoms with Crippen LogP contribution in [0.4, 0.5) is 0 Å². The molecule has 0 fully saturated rings. The second kappa shape index (κ2) is 2.41. The van der Waals surface area contributed by atoms with Gasteiger partial charge in [-0.15, -0.1) is 0 Å².